The molecule has 2 aliphatic heterocycles. The molecule has 3 aromatic rings. The van der Waals surface area contributed by atoms with Crippen molar-refractivity contribution in [3.8, 4) is 0 Å². The van der Waals surface area contributed by atoms with E-state index < -0.39 is 5.41 Å². The first-order valence-corrected chi connectivity index (χ1v) is 11.7. The van der Waals surface area contributed by atoms with Crippen molar-refractivity contribution in [2.45, 2.75) is 38.0 Å². The minimum absolute atomic E-state index is 0.0249. The van der Waals surface area contributed by atoms with Crippen LogP contribution in [0.4, 0.5) is 23.3 Å². The number of aliphatic hydroxyl groups excluding tert-OH is 1. The van der Waals surface area contributed by atoms with Crippen LogP contribution in [0.1, 0.15) is 42.4 Å². The van der Waals surface area contributed by atoms with Gasteiger partial charge in [0.2, 0.25) is 5.95 Å². The van der Waals surface area contributed by atoms with Crippen LogP contribution < -0.4 is 10.2 Å². The van der Waals surface area contributed by atoms with Crippen molar-refractivity contribution in [1.82, 2.24) is 24.6 Å². The van der Waals surface area contributed by atoms with E-state index in [0.29, 0.717) is 18.4 Å². The van der Waals surface area contributed by atoms with Crippen LogP contribution in [0.2, 0.25) is 0 Å². The van der Waals surface area contributed by atoms with Crippen molar-refractivity contribution < 1.29 is 5.11 Å². The molecule has 0 aliphatic carbocycles. The summed E-state index contributed by atoms with van der Waals surface area (Å²) in [5.41, 5.74) is 4.24. The Morgan fingerprint density at radius 1 is 1.18 bits per heavy atom. The van der Waals surface area contributed by atoms with Gasteiger partial charge in [0.05, 0.1) is 6.61 Å². The Bertz CT molecular complexity index is 1150. The van der Waals surface area contributed by atoms with Gasteiger partial charge in [-0.05, 0) is 69.1 Å². The van der Waals surface area contributed by atoms with E-state index in [1.54, 1.807) is 4.68 Å². The van der Waals surface area contributed by atoms with E-state index >= 15 is 0 Å². The molecule has 1 aromatic carbocycles. The molecule has 0 amide bonds. The van der Waals surface area contributed by atoms with Gasteiger partial charge < -0.3 is 20.2 Å². The summed E-state index contributed by atoms with van der Waals surface area (Å²) in [5, 5.41) is 18.0. The van der Waals surface area contributed by atoms with Gasteiger partial charge in [0.1, 0.15) is 5.82 Å². The Morgan fingerprint density at radius 3 is 2.64 bits per heavy atom. The third-order valence-corrected chi connectivity index (χ3v) is 7.19. The number of likely N-dealkylation sites (tertiary alicyclic amines) is 1. The van der Waals surface area contributed by atoms with E-state index in [1.807, 2.05) is 32.4 Å². The number of rotatable bonds is 5. The second kappa shape index (κ2) is 8.43. The van der Waals surface area contributed by atoms with E-state index in [9.17, 15) is 5.11 Å². The summed E-state index contributed by atoms with van der Waals surface area (Å²) < 4.78 is 1.78. The normalized spacial score (nSPS) is 21.4. The third kappa shape index (κ3) is 4.09. The van der Waals surface area contributed by atoms with Crippen LogP contribution in [0.15, 0.2) is 36.7 Å². The van der Waals surface area contributed by atoms with Crippen LogP contribution in [-0.2, 0) is 12.5 Å². The van der Waals surface area contributed by atoms with Crippen molar-refractivity contribution in [2.24, 2.45) is 7.05 Å². The van der Waals surface area contributed by atoms with E-state index in [2.05, 4.69) is 57.4 Å². The topological polar surface area (TPSA) is 82.3 Å². The molecule has 4 heterocycles. The molecular formula is C25H33N7O. The molecule has 0 spiro atoms. The van der Waals surface area contributed by atoms with Crippen LogP contribution in [0.25, 0.3) is 0 Å². The van der Waals surface area contributed by atoms with Gasteiger partial charge in [-0.15, -0.1) is 0 Å². The van der Waals surface area contributed by atoms with Crippen LogP contribution in [0, 0.1) is 6.92 Å². The first-order chi connectivity index (χ1) is 15.9. The number of nitrogens with zero attached hydrogens (tertiary/aromatic N) is 6. The summed E-state index contributed by atoms with van der Waals surface area (Å²) in [7, 11) is 4.10. The van der Waals surface area contributed by atoms with Crippen LogP contribution in [-0.4, -0.2) is 63.0 Å². The molecule has 8 nitrogen and oxygen atoms in total. The van der Waals surface area contributed by atoms with Crippen molar-refractivity contribution in [2.75, 3.05) is 43.5 Å². The summed E-state index contributed by atoms with van der Waals surface area (Å²) in [4.78, 5) is 13.9. The van der Waals surface area contributed by atoms with Crippen LogP contribution >= 0.6 is 0 Å². The SMILES string of the molecule is Cc1cc(Nc2ncc3c(n2)N(c2ccn(C)n2)C[C@@]3(C)CO)ccc1C1CCN(C)CC1. The molecule has 174 valence electrons. The van der Waals surface area contributed by atoms with Gasteiger partial charge in [-0.2, -0.15) is 10.1 Å². The van der Waals surface area contributed by atoms with Crippen molar-refractivity contribution in [1.29, 1.82) is 0 Å². The summed E-state index contributed by atoms with van der Waals surface area (Å²) >= 11 is 0. The van der Waals surface area contributed by atoms with E-state index in [0.717, 1.165) is 36.0 Å². The zero-order chi connectivity index (χ0) is 23.2. The lowest BCUT2D eigenvalue weighted by Crippen LogP contribution is -2.32. The predicted octanol–water partition coefficient (Wildman–Crippen LogP) is 3.47. The molecule has 0 saturated carbocycles. The highest BCUT2D eigenvalue weighted by Crippen LogP contribution is 2.42. The lowest BCUT2D eigenvalue weighted by molar-refractivity contribution is 0.216. The molecule has 1 atom stereocenters. The second-order valence-electron chi connectivity index (χ2n) is 9.86. The number of hydrogen-bond acceptors (Lipinski definition) is 7. The molecule has 5 rings (SSSR count). The van der Waals surface area contributed by atoms with Gasteiger partial charge >= 0.3 is 0 Å². The molecule has 0 unspecified atom stereocenters. The molecule has 2 aliphatic rings. The second-order valence-corrected chi connectivity index (χ2v) is 9.86. The summed E-state index contributed by atoms with van der Waals surface area (Å²) in [6, 6.07) is 8.54. The Labute approximate surface area is 195 Å². The molecule has 0 radical (unpaired) electrons. The monoisotopic (exact) mass is 447 g/mol. The Kier molecular flexibility index (Phi) is 5.58. The fraction of sp³-hybridized carbons (Fsp3) is 0.480. The van der Waals surface area contributed by atoms with Crippen LogP contribution in [0.5, 0.6) is 0 Å². The predicted molar refractivity (Wildman–Crippen MR) is 131 cm³/mol. The lowest BCUT2D eigenvalue weighted by atomic mass is 9.87. The molecule has 0 bridgehead atoms. The maximum Gasteiger partial charge on any atom is 0.229 e. The van der Waals surface area contributed by atoms with Crippen molar-refractivity contribution in [3.63, 3.8) is 0 Å². The highest BCUT2D eigenvalue weighted by atomic mass is 16.3. The molecular weight excluding hydrogens is 414 g/mol. The highest BCUT2D eigenvalue weighted by molar-refractivity contribution is 5.68. The van der Waals surface area contributed by atoms with Gasteiger partial charge in [0, 0.05) is 48.7 Å². The fourth-order valence-corrected chi connectivity index (χ4v) is 5.11. The minimum Gasteiger partial charge on any atom is -0.395 e. The molecule has 2 N–H and O–H groups in total. The molecule has 8 heteroatoms. The zero-order valence-corrected chi connectivity index (χ0v) is 19.9. The molecule has 33 heavy (non-hydrogen) atoms. The number of hydrogen-bond donors (Lipinski definition) is 2. The maximum atomic E-state index is 10.1. The molecule has 1 fully saturated rings. The number of aryl methyl sites for hydroxylation is 2. The summed E-state index contributed by atoms with van der Waals surface area (Å²) in [5.74, 6) is 2.79. The fourth-order valence-electron chi connectivity index (χ4n) is 5.11. The smallest absolute Gasteiger partial charge is 0.229 e. The van der Waals surface area contributed by atoms with E-state index in [4.69, 9.17) is 4.98 Å². The number of aliphatic hydroxyl groups is 1. The van der Waals surface area contributed by atoms with Gasteiger partial charge in [-0.1, -0.05) is 13.0 Å². The number of benzene rings is 1. The largest absolute Gasteiger partial charge is 0.395 e. The molecule has 1 saturated heterocycles. The quantitative estimate of drug-likeness (QED) is 0.620. The third-order valence-electron chi connectivity index (χ3n) is 7.19. The van der Waals surface area contributed by atoms with Crippen LogP contribution in [0.3, 0.4) is 0 Å². The van der Waals surface area contributed by atoms with E-state index in [-0.39, 0.29) is 6.61 Å². The Morgan fingerprint density at radius 2 is 1.97 bits per heavy atom. The Balaban J connectivity index is 1.40. The average molecular weight is 448 g/mol. The lowest BCUT2D eigenvalue weighted by Gasteiger charge is -2.30. The Hall–Kier alpha value is -2.97. The van der Waals surface area contributed by atoms with Gasteiger partial charge in [-0.3, -0.25) is 4.68 Å². The number of nitrogens with one attached hydrogen (secondary N) is 1. The maximum absolute atomic E-state index is 10.1. The molecule has 2 aromatic heterocycles. The first-order valence-electron chi connectivity index (χ1n) is 11.7. The number of anilines is 4. The van der Waals surface area contributed by atoms with E-state index in [1.165, 1.54) is 24.0 Å². The highest BCUT2D eigenvalue weighted by Gasteiger charge is 2.41. The minimum atomic E-state index is -0.433. The van der Waals surface area contributed by atoms with Gasteiger partial charge in [-0.25, -0.2) is 4.98 Å². The number of piperidine rings is 1. The number of fused-ring (bicyclic) bond motifs is 1. The summed E-state index contributed by atoms with van der Waals surface area (Å²) in [6.07, 6.45) is 6.18. The van der Waals surface area contributed by atoms with Gasteiger partial charge in [0.15, 0.2) is 5.82 Å². The average Bonchev–Trinajstić information content (AvgIpc) is 3.36. The summed E-state index contributed by atoms with van der Waals surface area (Å²) in [6.45, 7) is 7.18. The standard InChI is InChI=1S/C25H33N7O/c1-17-13-19(5-6-20(17)18-7-10-30(3)11-8-18)27-24-26-14-21-23(28-24)32(15-25(21,2)16-33)22-9-12-31(4)29-22/h5-6,9,12-14,18,33H,7-8,10-11,15-16H2,1-4H3,(H,26,27,28)/t25-/m0/s1. The van der Waals surface area contributed by atoms with Gasteiger partial charge in [0.25, 0.3) is 0 Å². The zero-order valence-electron chi connectivity index (χ0n) is 19.9. The first kappa shape index (κ1) is 21.9. The number of aromatic nitrogens is 4. The van der Waals surface area contributed by atoms with Crippen molar-refractivity contribution in [3.05, 3.63) is 53.3 Å². The van der Waals surface area contributed by atoms with Crippen molar-refractivity contribution >= 4 is 23.3 Å².